The molecule has 0 amide bonds. The average molecular weight is 228 g/mol. The third kappa shape index (κ3) is 1.87. The molecule has 1 aromatic carbocycles. The summed E-state index contributed by atoms with van der Waals surface area (Å²) in [4.78, 5) is 3.65. The van der Waals surface area contributed by atoms with Crippen molar-refractivity contribution in [3.05, 3.63) is 35.5 Å². The van der Waals surface area contributed by atoms with Gasteiger partial charge in [0, 0.05) is 22.5 Å². The molecule has 2 nitrogen and oxygen atoms in total. The van der Waals surface area contributed by atoms with Crippen LogP contribution in [0.5, 0.6) is 0 Å². The molecule has 1 aliphatic rings. The molecule has 0 spiro atoms. The summed E-state index contributed by atoms with van der Waals surface area (Å²) in [5.74, 6) is 0.721. The van der Waals surface area contributed by atoms with E-state index in [0.29, 0.717) is 0 Å². The molecule has 0 bridgehead atoms. The second kappa shape index (κ2) is 4.53. The minimum absolute atomic E-state index is 0.721. The van der Waals surface area contributed by atoms with Crippen molar-refractivity contribution in [2.75, 3.05) is 13.6 Å². The van der Waals surface area contributed by atoms with Gasteiger partial charge in [-0.2, -0.15) is 0 Å². The lowest BCUT2D eigenvalue weighted by molar-refractivity contribution is 0.503. The summed E-state index contributed by atoms with van der Waals surface area (Å²) in [5, 5.41) is 4.71. The van der Waals surface area contributed by atoms with Crippen LogP contribution in [0, 0.1) is 0 Å². The lowest BCUT2D eigenvalue weighted by atomic mass is 9.85. The number of hydrogen-bond donors (Lipinski definition) is 2. The monoisotopic (exact) mass is 228 g/mol. The van der Waals surface area contributed by atoms with Crippen molar-refractivity contribution >= 4 is 10.9 Å². The molecule has 0 radical (unpaired) electrons. The van der Waals surface area contributed by atoms with Gasteiger partial charge in [0.1, 0.15) is 0 Å². The number of para-hydroxylation sites is 1. The summed E-state index contributed by atoms with van der Waals surface area (Å²) >= 11 is 0. The average Bonchev–Trinajstić information content (AvgIpc) is 2.75. The van der Waals surface area contributed by atoms with Gasteiger partial charge in [-0.25, -0.2) is 0 Å². The molecule has 1 heterocycles. The molecule has 1 aromatic heterocycles. The number of benzene rings is 1. The van der Waals surface area contributed by atoms with Crippen molar-refractivity contribution in [1.82, 2.24) is 10.3 Å². The molecule has 0 fully saturated rings. The van der Waals surface area contributed by atoms with E-state index < -0.39 is 0 Å². The van der Waals surface area contributed by atoms with Crippen LogP contribution < -0.4 is 5.32 Å². The van der Waals surface area contributed by atoms with Crippen molar-refractivity contribution in [2.24, 2.45) is 0 Å². The topological polar surface area (TPSA) is 27.8 Å². The molecular formula is C15H20N2. The zero-order valence-corrected chi connectivity index (χ0v) is 10.4. The van der Waals surface area contributed by atoms with Crippen LogP contribution >= 0.6 is 0 Å². The lowest BCUT2D eigenvalue weighted by Gasteiger charge is -2.22. The van der Waals surface area contributed by atoms with E-state index in [4.69, 9.17) is 0 Å². The van der Waals surface area contributed by atoms with E-state index in [1.165, 1.54) is 42.3 Å². The van der Waals surface area contributed by atoms with Crippen LogP contribution in [0.2, 0.25) is 0 Å². The van der Waals surface area contributed by atoms with Gasteiger partial charge in [-0.15, -0.1) is 0 Å². The number of hydrogen-bond acceptors (Lipinski definition) is 1. The fourth-order valence-corrected chi connectivity index (χ4v) is 3.12. The molecule has 90 valence electrons. The Morgan fingerprint density at radius 2 is 2.24 bits per heavy atom. The number of fused-ring (bicyclic) bond motifs is 3. The van der Waals surface area contributed by atoms with Crippen LogP contribution in [0.1, 0.15) is 36.4 Å². The molecule has 0 aliphatic heterocycles. The van der Waals surface area contributed by atoms with Crippen LogP contribution in [-0.4, -0.2) is 18.6 Å². The molecule has 1 aliphatic carbocycles. The van der Waals surface area contributed by atoms with Gasteiger partial charge in [0.25, 0.3) is 0 Å². The van der Waals surface area contributed by atoms with Gasteiger partial charge in [-0.3, -0.25) is 0 Å². The van der Waals surface area contributed by atoms with Crippen LogP contribution in [0.15, 0.2) is 24.3 Å². The van der Waals surface area contributed by atoms with Gasteiger partial charge >= 0.3 is 0 Å². The second-order valence-electron chi connectivity index (χ2n) is 5.04. The Balaban J connectivity index is 2.02. The molecule has 1 unspecified atom stereocenters. The zero-order chi connectivity index (χ0) is 11.7. The first-order valence-electron chi connectivity index (χ1n) is 6.64. The highest BCUT2D eigenvalue weighted by Gasteiger charge is 2.23. The number of aromatic amines is 1. The van der Waals surface area contributed by atoms with Gasteiger partial charge in [0.2, 0.25) is 0 Å². The molecule has 2 heteroatoms. The van der Waals surface area contributed by atoms with Gasteiger partial charge in [0.15, 0.2) is 0 Å². The Labute approximate surface area is 102 Å². The minimum atomic E-state index is 0.721. The summed E-state index contributed by atoms with van der Waals surface area (Å²) in [6, 6.07) is 8.72. The summed E-state index contributed by atoms with van der Waals surface area (Å²) in [7, 11) is 2.04. The van der Waals surface area contributed by atoms with Crippen LogP contribution in [-0.2, 0) is 6.42 Å². The number of nitrogens with one attached hydrogen (secondary N) is 2. The van der Waals surface area contributed by atoms with Crippen LogP contribution in [0.3, 0.4) is 0 Å². The van der Waals surface area contributed by atoms with Crippen molar-refractivity contribution in [3.63, 3.8) is 0 Å². The van der Waals surface area contributed by atoms with Crippen molar-refractivity contribution in [2.45, 2.75) is 31.6 Å². The number of rotatable bonds is 3. The van der Waals surface area contributed by atoms with Gasteiger partial charge in [0.05, 0.1) is 0 Å². The maximum absolute atomic E-state index is 3.65. The summed E-state index contributed by atoms with van der Waals surface area (Å²) < 4.78 is 0. The lowest BCUT2D eigenvalue weighted by Crippen LogP contribution is -2.16. The normalized spacial score (nSPS) is 19.5. The Hall–Kier alpha value is -1.28. The number of H-pyrrole nitrogens is 1. The number of aromatic nitrogens is 1. The second-order valence-corrected chi connectivity index (χ2v) is 5.04. The number of aryl methyl sites for hydroxylation is 1. The first-order valence-corrected chi connectivity index (χ1v) is 6.64. The summed E-state index contributed by atoms with van der Waals surface area (Å²) in [6.07, 6.45) is 5.16. The quantitative estimate of drug-likeness (QED) is 0.829. The first-order chi connectivity index (χ1) is 8.40. The molecule has 0 saturated carbocycles. The SMILES string of the molecule is CNCCC1CCCc2c1[nH]c1ccccc21. The van der Waals surface area contributed by atoms with E-state index in [9.17, 15) is 0 Å². The zero-order valence-electron chi connectivity index (χ0n) is 10.4. The van der Waals surface area contributed by atoms with Crippen molar-refractivity contribution < 1.29 is 0 Å². The highest BCUT2D eigenvalue weighted by Crippen LogP contribution is 2.37. The first kappa shape index (κ1) is 10.8. The maximum atomic E-state index is 3.65. The maximum Gasteiger partial charge on any atom is 0.0459 e. The third-order valence-electron chi connectivity index (χ3n) is 3.98. The smallest absolute Gasteiger partial charge is 0.0459 e. The van der Waals surface area contributed by atoms with Crippen molar-refractivity contribution in [3.8, 4) is 0 Å². The Bertz CT molecular complexity index is 513. The van der Waals surface area contributed by atoms with Gasteiger partial charge in [-0.1, -0.05) is 18.2 Å². The minimum Gasteiger partial charge on any atom is -0.358 e. The Kier molecular flexibility index (Phi) is 2.89. The van der Waals surface area contributed by atoms with Crippen LogP contribution in [0.4, 0.5) is 0 Å². The predicted octanol–water partition coefficient (Wildman–Crippen LogP) is 3.20. The highest BCUT2D eigenvalue weighted by atomic mass is 14.8. The molecule has 1 atom stereocenters. The molecule has 3 rings (SSSR count). The Morgan fingerprint density at radius 1 is 1.35 bits per heavy atom. The molecular weight excluding hydrogens is 208 g/mol. The molecule has 17 heavy (non-hydrogen) atoms. The van der Waals surface area contributed by atoms with Gasteiger partial charge < -0.3 is 10.3 Å². The highest BCUT2D eigenvalue weighted by molar-refractivity contribution is 5.85. The van der Waals surface area contributed by atoms with E-state index in [1.807, 2.05) is 7.05 Å². The largest absolute Gasteiger partial charge is 0.358 e. The molecule has 2 N–H and O–H groups in total. The summed E-state index contributed by atoms with van der Waals surface area (Å²) in [5.41, 5.74) is 4.40. The van der Waals surface area contributed by atoms with Crippen LogP contribution in [0.25, 0.3) is 10.9 Å². The van der Waals surface area contributed by atoms with E-state index in [2.05, 4.69) is 34.6 Å². The summed E-state index contributed by atoms with van der Waals surface area (Å²) in [6.45, 7) is 1.11. The van der Waals surface area contributed by atoms with E-state index in [0.717, 1.165) is 12.5 Å². The van der Waals surface area contributed by atoms with E-state index in [1.54, 1.807) is 5.56 Å². The van der Waals surface area contributed by atoms with E-state index >= 15 is 0 Å². The predicted molar refractivity (Wildman–Crippen MR) is 72.5 cm³/mol. The Morgan fingerprint density at radius 3 is 3.12 bits per heavy atom. The van der Waals surface area contributed by atoms with Crippen molar-refractivity contribution in [1.29, 1.82) is 0 Å². The standard InChI is InChI=1S/C15H20N2/c1-16-10-9-11-5-4-7-13-12-6-2-3-8-14(12)17-15(11)13/h2-3,6,8,11,16-17H,4-5,7,9-10H2,1H3. The molecule has 2 aromatic rings. The van der Waals surface area contributed by atoms with Gasteiger partial charge in [-0.05, 0) is 50.9 Å². The third-order valence-corrected chi connectivity index (χ3v) is 3.98. The van der Waals surface area contributed by atoms with E-state index in [-0.39, 0.29) is 0 Å². The fraction of sp³-hybridized carbons (Fsp3) is 0.467. The fourth-order valence-electron chi connectivity index (χ4n) is 3.12. The molecule has 0 saturated heterocycles.